The Bertz CT molecular complexity index is 607. The summed E-state index contributed by atoms with van der Waals surface area (Å²) in [6, 6.07) is 9.55. The van der Waals surface area contributed by atoms with E-state index in [1.54, 1.807) is 19.5 Å². The molecule has 1 atom stereocenters. The van der Waals surface area contributed by atoms with E-state index in [2.05, 4.69) is 4.98 Å². The molecular weight excluding hydrogens is 238 g/mol. The zero-order valence-electron chi connectivity index (χ0n) is 10.8. The summed E-state index contributed by atoms with van der Waals surface area (Å²) in [5, 5.41) is 0. The molecule has 0 bridgehead atoms. The predicted molar refractivity (Wildman–Crippen MR) is 72.6 cm³/mol. The number of carbonyl (C=O) groups excluding carboxylic acids is 1. The zero-order valence-corrected chi connectivity index (χ0v) is 10.8. The number of ether oxygens (including phenoxy) is 1. The molecule has 1 aromatic carbocycles. The molecule has 1 unspecified atom stereocenters. The quantitative estimate of drug-likeness (QED) is 0.826. The Morgan fingerprint density at radius 3 is 2.95 bits per heavy atom. The Hall–Kier alpha value is -2.16. The van der Waals surface area contributed by atoms with Gasteiger partial charge >= 0.3 is 0 Å². The van der Waals surface area contributed by atoms with Crippen LogP contribution in [0.2, 0.25) is 0 Å². The molecular formula is C16H15NO2. The number of carbonyl (C=O) groups is 1. The van der Waals surface area contributed by atoms with E-state index in [1.165, 1.54) is 0 Å². The van der Waals surface area contributed by atoms with Gasteiger partial charge in [0.15, 0.2) is 5.78 Å². The Morgan fingerprint density at radius 1 is 1.32 bits per heavy atom. The first-order valence-electron chi connectivity index (χ1n) is 6.40. The SMILES string of the molecule is COc1ccc2c(c1)CCC(c1cccnc1)C2=O. The maximum Gasteiger partial charge on any atom is 0.170 e. The second kappa shape index (κ2) is 4.84. The highest BCUT2D eigenvalue weighted by atomic mass is 16.5. The lowest BCUT2D eigenvalue weighted by Crippen LogP contribution is -2.21. The number of hydrogen-bond donors (Lipinski definition) is 0. The van der Waals surface area contributed by atoms with Crippen LogP contribution in [0.3, 0.4) is 0 Å². The maximum absolute atomic E-state index is 12.5. The molecule has 0 saturated heterocycles. The van der Waals surface area contributed by atoms with E-state index >= 15 is 0 Å². The van der Waals surface area contributed by atoms with Crippen molar-refractivity contribution in [3.63, 3.8) is 0 Å². The fourth-order valence-corrected chi connectivity index (χ4v) is 2.66. The van der Waals surface area contributed by atoms with Crippen LogP contribution in [-0.2, 0) is 6.42 Å². The number of Topliss-reactive ketones (excluding diaryl/α,β-unsaturated/α-hetero) is 1. The number of pyridine rings is 1. The van der Waals surface area contributed by atoms with E-state index in [0.717, 1.165) is 35.3 Å². The zero-order chi connectivity index (χ0) is 13.2. The molecule has 0 spiro atoms. The predicted octanol–water partition coefficient (Wildman–Crippen LogP) is 3.00. The van der Waals surface area contributed by atoms with Crippen molar-refractivity contribution in [2.75, 3.05) is 7.11 Å². The minimum atomic E-state index is -0.0606. The van der Waals surface area contributed by atoms with Crippen molar-refractivity contribution in [3.8, 4) is 5.75 Å². The lowest BCUT2D eigenvalue weighted by Gasteiger charge is -2.23. The molecule has 1 heterocycles. The van der Waals surface area contributed by atoms with Gasteiger partial charge < -0.3 is 4.74 Å². The third kappa shape index (κ3) is 2.12. The van der Waals surface area contributed by atoms with Crippen molar-refractivity contribution in [3.05, 3.63) is 59.4 Å². The Kier molecular flexibility index (Phi) is 3.03. The number of nitrogens with zero attached hydrogens (tertiary/aromatic N) is 1. The highest BCUT2D eigenvalue weighted by Gasteiger charge is 2.28. The Balaban J connectivity index is 1.97. The molecule has 0 radical (unpaired) electrons. The average Bonchev–Trinajstić information content (AvgIpc) is 2.48. The van der Waals surface area contributed by atoms with Gasteiger partial charge in [-0.3, -0.25) is 9.78 Å². The highest BCUT2D eigenvalue weighted by molar-refractivity contribution is 6.03. The number of rotatable bonds is 2. The van der Waals surface area contributed by atoms with Gasteiger partial charge in [0, 0.05) is 23.9 Å². The van der Waals surface area contributed by atoms with Gasteiger partial charge in [-0.1, -0.05) is 6.07 Å². The fraction of sp³-hybridized carbons (Fsp3) is 0.250. The molecule has 1 aliphatic carbocycles. The molecule has 2 aromatic rings. The van der Waals surface area contributed by atoms with E-state index in [0.29, 0.717) is 0 Å². The second-order valence-electron chi connectivity index (χ2n) is 4.76. The summed E-state index contributed by atoms with van der Waals surface area (Å²) in [7, 11) is 1.64. The molecule has 0 amide bonds. The number of methoxy groups -OCH3 is 1. The Morgan fingerprint density at radius 2 is 2.21 bits per heavy atom. The highest BCUT2D eigenvalue weighted by Crippen LogP contribution is 2.33. The molecule has 0 fully saturated rings. The largest absolute Gasteiger partial charge is 0.497 e. The molecule has 0 saturated carbocycles. The van der Waals surface area contributed by atoms with Gasteiger partial charge in [0.1, 0.15) is 5.75 Å². The van der Waals surface area contributed by atoms with Crippen molar-refractivity contribution in [1.82, 2.24) is 4.98 Å². The van der Waals surface area contributed by atoms with Gasteiger partial charge in [0.25, 0.3) is 0 Å². The number of benzene rings is 1. The van der Waals surface area contributed by atoms with E-state index in [-0.39, 0.29) is 11.7 Å². The summed E-state index contributed by atoms with van der Waals surface area (Å²) in [6.45, 7) is 0. The van der Waals surface area contributed by atoms with Gasteiger partial charge in [0.2, 0.25) is 0 Å². The molecule has 3 nitrogen and oxygen atoms in total. The number of ketones is 1. The summed E-state index contributed by atoms with van der Waals surface area (Å²) in [6.07, 6.45) is 5.26. The van der Waals surface area contributed by atoms with Crippen LogP contribution in [0.4, 0.5) is 0 Å². The average molecular weight is 253 g/mol. The molecule has 3 rings (SSSR count). The minimum absolute atomic E-state index is 0.0606. The number of aryl methyl sites for hydroxylation is 1. The topological polar surface area (TPSA) is 39.2 Å². The van der Waals surface area contributed by atoms with Crippen molar-refractivity contribution in [1.29, 1.82) is 0 Å². The lowest BCUT2D eigenvalue weighted by atomic mass is 9.79. The van der Waals surface area contributed by atoms with Gasteiger partial charge in [-0.2, -0.15) is 0 Å². The van der Waals surface area contributed by atoms with E-state index in [4.69, 9.17) is 4.74 Å². The third-order valence-electron chi connectivity index (χ3n) is 3.68. The monoisotopic (exact) mass is 253 g/mol. The normalized spacial score (nSPS) is 17.9. The van der Waals surface area contributed by atoms with Crippen LogP contribution in [0, 0.1) is 0 Å². The van der Waals surface area contributed by atoms with Crippen molar-refractivity contribution in [2.45, 2.75) is 18.8 Å². The molecule has 1 aliphatic rings. The summed E-state index contributed by atoms with van der Waals surface area (Å²) < 4.78 is 5.21. The van der Waals surface area contributed by atoms with E-state index in [9.17, 15) is 4.79 Å². The smallest absolute Gasteiger partial charge is 0.170 e. The number of aromatic nitrogens is 1. The van der Waals surface area contributed by atoms with Gasteiger partial charge in [-0.25, -0.2) is 0 Å². The number of hydrogen-bond acceptors (Lipinski definition) is 3. The van der Waals surface area contributed by atoms with Crippen molar-refractivity contribution >= 4 is 5.78 Å². The molecule has 96 valence electrons. The summed E-state index contributed by atoms with van der Waals surface area (Å²) >= 11 is 0. The second-order valence-corrected chi connectivity index (χ2v) is 4.76. The van der Waals surface area contributed by atoms with Crippen molar-refractivity contribution < 1.29 is 9.53 Å². The third-order valence-corrected chi connectivity index (χ3v) is 3.68. The minimum Gasteiger partial charge on any atom is -0.497 e. The van der Waals surface area contributed by atoms with E-state index < -0.39 is 0 Å². The molecule has 3 heteroatoms. The summed E-state index contributed by atoms with van der Waals surface area (Å²) in [5.41, 5.74) is 2.92. The molecule has 0 aliphatic heterocycles. The fourth-order valence-electron chi connectivity index (χ4n) is 2.66. The maximum atomic E-state index is 12.5. The van der Waals surface area contributed by atoms with Crippen LogP contribution in [-0.4, -0.2) is 17.9 Å². The first kappa shape index (κ1) is 11.9. The molecule has 0 N–H and O–H groups in total. The molecule has 1 aromatic heterocycles. The Labute approximate surface area is 112 Å². The van der Waals surface area contributed by atoms with Crippen LogP contribution < -0.4 is 4.74 Å². The lowest BCUT2D eigenvalue weighted by molar-refractivity contribution is 0.0946. The summed E-state index contributed by atoms with van der Waals surface area (Å²) in [5.74, 6) is 0.942. The van der Waals surface area contributed by atoms with Gasteiger partial charge in [0.05, 0.1) is 7.11 Å². The molecule has 19 heavy (non-hydrogen) atoms. The van der Waals surface area contributed by atoms with Gasteiger partial charge in [-0.15, -0.1) is 0 Å². The van der Waals surface area contributed by atoms with E-state index in [1.807, 2.05) is 30.3 Å². The van der Waals surface area contributed by atoms with Crippen LogP contribution in [0.15, 0.2) is 42.7 Å². The van der Waals surface area contributed by atoms with Crippen LogP contribution >= 0.6 is 0 Å². The standard InChI is InChI=1S/C16H15NO2/c1-19-13-5-7-14-11(9-13)4-6-15(16(14)18)12-3-2-8-17-10-12/h2-3,5,7-10,15H,4,6H2,1H3. The van der Waals surface area contributed by atoms with Crippen molar-refractivity contribution in [2.24, 2.45) is 0 Å². The van der Waals surface area contributed by atoms with Crippen LogP contribution in [0.1, 0.15) is 33.8 Å². The van der Waals surface area contributed by atoms with Crippen LogP contribution in [0.5, 0.6) is 5.75 Å². The first-order valence-corrected chi connectivity index (χ1v) is 6.40. The number of fused-ring (bicyclic) bond motifs is 1. The van der Waals surface area contributed by atoms with Crippen LogP contribution in [0.25, 0.3) is 0 Å². The van der Waals surface area contributed by atoms with Gasteiger partial charge in [-0.05, 0) is 48.2 Å². The first-order chi connectivity index (χ1) is 9.29. The summed E-state index contributed by atoms with van der Waals surface area (Å²) in [4.78, 5) is 16.7.